The first-order valence-corrected chi connectivity index (χ1v) is 9.41. The highest BCUT2D eigenvalue weighted by Crippen LogP contribution is 2.33. The number of thiophene rings is 1. The van der Waals surface area contributed by atoms with Crippen LogP contribution in [0.15, 0.2) is 53.5 Å². The number of nitrogens with zero attached hydrogens (tertiary/aromatic N) is 2. The average Bonchev–Trinajstić information content (AvgIpc) is 3.20. The molecule has 0 bridgehead atoms. The molecule has 0 amide bonds. The quantitative estimate of drug-likeness (QED) is 0.418. The maximum atomic E-state index is 4.55. The fourth-order valence-electron chi connectivity index (χ4n) is 2.99. The van der Waals surface area contributed by atoms with Crippen molar-refractivity contribution in [1.82, 2.24) is 9.97 Å². The number of fused-ring (bicyclic) bond motifs is 3. The number of pyridine rings is 1. The van der Waals surface area contributed by atoms with Crippen molar-refractivity contribution >= 4 is 65.3 Å². The highest BCUT2D eigenvalue weighted by Gasteiger charge is 2.08. The summed E-state index contributed by atoms with van der Waals surface area (Å²) in [5.74, 6) is 0. The molecule has 5 rings (SSSR count). The molecule has 5 aromatic rings. The summed E-state index contributed by atoms with van der Waals surface area (Å²) in [7, 11) is 0. The molecule has 0 saturated heterocycles. The van der Waals surface area contributed by atoms with E-state index in [4.69, 9.17) is 0 Å². The van der Waals surface area contributed by atoms with Crippen LogP contribution in [-0.2, 0) is 0 Å². The van der Waals surface area contributed by atoms with Gasteiger partial charge in [-0.25, -0.2) is 4.98 Å². The van der Waals surface area contributed by atoms with Crippen molar-refractivity contribution in [3.8, 4) is 0 Å². The van der Waals surface area contributed by atoms with Gasteiger partial charge in [0.1, 0.15) is 0 Å². The van der Waals surface area contributed by atoms with Gasteiger partial charge in [0.2, 0.25) is 0 Å². The minimum Gasteiger partial charge on any atom is -0.355 e. The molecule has 0 aliphatic rings. The fraction of sp³-hybridized carbons (Fsp3) is 0.0526. The van der Waals surface area contributed by atoms with Crippen molar-refractivity contribution < 1.29 is 0 Å². The predicted octanol–water partition coefficient (Wildman–Crippen LogP) is 6.11. The van der Waals surface area contributed by atoms with Gasteiger partial charge < -0.3 is 5.32 Å². The van der Waals surface area contributed by atoms with E-state index < -0.39 is 0 Å². The second-order valence-corrected chi connectivity index (χ2v) is 7.60. The van der Waals surface area contributed by atoms with Crippen molar-refractivity contribution in [2.75, 3.05) is 5.32 Å². The third-order valence-electron chi connectivity index (χ3n) is 4.24. The Morgan fingerprint density at radius 1 is 0.875 bits per heavy atom. The Kier molecular flexibility index (Phi) is 3.04. The van der Waals surface area contributed by atoms with E-state index in [2.05, 4.69) is 57.9 Å². The SMILES string of the molecule is Cc1csc2cc3c(Nc4ccc5scnc5c4)ccnc3cc12. The van der Waals surface area contributed by atoms with Crippen LogP contribution in [0.1, 0.15) is 5.56 Å². The lowest BCUT2D eigenvalue weighted by atomic mass is 10.1. The summed E-state index contributed by atoms with van der Waals surface area (Å²) in [5, 5.41) is 8.17. The Balaban J connectivity index is 1.66. The number of benzene rings is 2. The smallest absolute Gasteiger partial charge is 0.0832 e. The van der Waals surface area contributed by atoms with Gasteiger partial charge in [0.15, 0.2) is 0 Å². The van der Waals surface area contributed by atoms with Crippen LogP contribution in [0, 0.1) is 6.92 Å². The zero-order chi connectivity index (χ0) is 16.1. The Labute approximate surface area is 146 Å². The first-order valence-electron chi connectivity index (χ1n) is 7.65. The van der Waals surface area contributed by atoms with Gasteiger partial charge in [-0.3, -0.25) is 4.98 Å². The summed E-state index contributed by atoms with van der Waals surface area (Å²) in [4.78, 5) is 8.94. The molecule has 0 fully saturated rings. The van der Waals surface area contributed by atoms with Crippen LogP contribution < -0.4 is 5.32 Å². The van der Waals surface area contributed by atoms with Crippen molar-refractivity contribution in [1.29, 1.82) is 0 Å². The average molecular weight is 347 g/mol. The van der Waals surface area contributed by atoms with Gasteiger partial charge in [-0.05, 0) is 59.7 Å². The van der Waals surface area contributed by atoms with Gasteiger partial charge in [0, 0.05) is 27.7 Å². The van der Waals surface area contributed by atoms with Gasteiger partial charge in [-0.1, -0.05) is 0 Å². The molecule has 0 unspecified atom stereocenters. The number of aryl methyl sites for hydroxylation is 1. The van der Waals surface area contributed by atoms with Crippen LogP contribution >= 0.6 is 22.7 Å². The lowest BCUT2D eigenvalue weighted by molar-refractivity contribution is 1.41. The van der Waals surface area contributed by atoms with E-state index in [-0.39, 0.29) is 0 Å². The summed E-state index contributed by atoms with van der Waals surface area (Å²) in [6, 6.07) is 12.7. The van der Waals surface area contributed by atoms with Gasteiger partial charge in [0.05, 0.1) is 21.2 Å². The molecular weight excluding hydrogens is 334 g/mol. The summed E-state index contributed by atoms with van der Waals surface area (Å²) < 4.78 is 2.50. The van der Waals surface area contributed by atoms with Gasteiger partial charge in [-0.2, -0.15) is 0 Å². The Morgan fingerprint density at radius 3 is 2.79 bits per heavy atom. The molecule has 1 N–H and O–H groups in total. The summed E-state index contributed by atoms with van der Waals surface area (Å²) in [5.41, 5.74) is 7.35. The van der Waals surface area contributed by atoms with E-state index in [9.17, 15) is 0 Å². The van der Waals surface area contributed by atoms with E-state index in [0.29, 0.717) is 0 Å². The van der Waals surface area contributed by atoms with Crippen molar-refractivity contribution in [2.45, 2.75) is 6.92 Å². The molecule has 0 radical (unpaired) electrons. The minimum absolute atomic E-state index is 1.02. The zero-order valence-electron chi connectivity index (χ0n) is 12.9. The molecule has 0 spiro atoms. The minimum atomic E-state index is 1.02. The van der Waals surface area contributed by atoms with E-state index in [1.165, 1.54) is 20.3 Å². The largest absolute Gasteiger partial charge is 0.355 e. The topological polar surface area (TPSA) is 37.8 Å². The zero-order valence-corrected chi connectivity index (χ0v) is 14.5. The Morgan fingerprint density at radius 2 is 1.83 bits per heavy atom. The number of aromatic nitrogens is 2. The van der Waals surface area contributed by atoms with Gasteiger partial charge in [-0.15, -0.1) is 22.7 Å². The van der Waals surface area contributed by atoms with Crippen LogP contribution in [0.3, 0.4) is 0 Å². The van der Waals surface area contributed by atoms with Crippen molar-refractivity contribution in [3.05, 3.63) is 59.0 Å². The predicted molar refractivity (Wildman–Crippen MR) is 105 cm³/mol. The summed E-state index contributed by atoms with van der Waals surface area (Å²) >= 11 is 3.44. The van der Waals surface area contributed by atoms with E-state index in [1.54, 1.807) is 22.7 Å². The first-order chi connectivity index (χ1) is 11.8. The number of hydrogen-bond acceptors (Lipinski definition) is 5. The molecule has 0 aliphatic carbocycles. The number of anilines is 2. The molecular formula is C19H13N3S2. The fourth-order valence-corrected chi connectivity index (χ4v) is 4.62. The molecule has 0 atom stereocenters. The third-order valence-corrected chi connectivity index (χ3v) is 6.11. The van der Waals surface area contributed by atoms with Crippen LogP contribution in [0.5, 0.6) is 0 Å². The van der Waals surface area contributed by atoms with Crippen molar-refractivity contribution in [3.63, 3.8) is 0 Å². The lowest BCUT2D eigenvalue weighted by Crippen LogP contribution is -1.92. The number of rotatable bonds is 2. The molecule has 3 aromatic heterocycles. The highest BCUT2D eigenvalue weighted by molar-refractivity contribution is 7.17. The number of hydrogen-bond donors (Lipinski definition) is 1. The molecule has 5 heteroatoms. The normalized spacial score (nSPS) is 11.5. The van der Waals surface area contributed by atoms with Crippen LogP contribution in [0.4, 0.5) is 11.4 Å². The van der Waals surface area contributed by atoms with Crippen LogP contribution in [-0.4, -0.2) is 9.97 Å². The lowest BCUT2D eigenvalue weighted by Gasteiger charge is -2.10. The molecule has 0 saturated carbocycles. The number of nitrogens with one attached hydrogen (secondary N) is 1. The van der Waals surface area contributed by atoms with E-state index in [0.717, 1.165) is 27.8 Å². The number of thiazole rings is 1. The second-order valence-electron chi connectivity index (χ2n) is 5.80. The molecule has 24 heavy (non-hydrogen) atoms. The summed E-state index contributed by atoms with van der Waals surface area (Å²) in [6.45, 7) is 2.15. The van der Waals surface area contributed by atoms with Crippen LogP contribution in [0.2, 0.25) is 0 Å². The third kappa shape index (κ3) is 2.17. The molecule has 3 nitrogen and oxygen atoms in total. The first kappa shape index (κ1) is 13.9. The standard InChI is InChI=1S/C19H13N3S2/c1-11-9-23-19-8-14-15(4-5-20-16(14)7-13(11)19)22-12-2-3-18-17(6-12)21-10-24-18/h2-10H,1H3,(H,20,22). The molecule has 0 aliphatic heterocycles. The molecule has 2 aromatic carbocycles. The van der Waals surface area contributed by atoms with Gasteiger partial charge >= 0.3 is 0 Å². The maximum absolute atomic E-state index is 4.55. The Hall–Kier alpha value is -2.50. The second kappa shape index (κ2) is 5.26. The monoisotopic (exact) mass is 347 g/mol. The maximum Gasteiger partial charge on any atom is 0.0832 e. The van der Waals surface area contributed by atoms with Crippen molar-refractivity contribution in [2.24, 2.45) is 0 Å². The molecule has 3 heterocycles. The Bertz CT molecular complexity index is 1200. The van der Waals surface area contributed by atoms with Gasteiger partial charge in [0.25, 0.3) is 0 Å². The van der Waals surface area contributed by atoms with E-state index >= 15 is 0 Å². The van der Waals surface area contributed by atoms with E-state index in [1.807, 2.05) is 17.8 Å². The molecule has 116 valence electrons. The van der Waals surface area contributed by atoms with Crippen LogP contribution in [0.25, 0.3) is 31.2 Å². The summed E-state index contributed by atoms with van der Waals surface area (Å²) in [6.07, 6.45) is 1.86. The highest BCUT2D eigenvalue weighted by atomic mass is 32.1.